The van der Waals surface area contributed by atoms with Gasteiger partial charge in [0.15, 0.2) is 0 Å². The van der Waals surface area contributed by atoms with Gasteiger partial charge in [-0.05, 0) is 54.8 Å². The molecule has 2 heterocycles. The molecule has 1 aromatic heterocycles. The molecular weight excluding hydrogens is 376 g/mol. The van der Waals surface area contributed by atoms with Crippen LogP contribution in [0.4, 0.5) is 0 Å². The van der Waals surface area contributed by atoms with Crippen molar-refractivity contribution in [3.63, 3.8) is 0 Å². The monoisotopic (exact) mass is 396 g/mol. The van der Waals surface area contributed by atoms with Crippen LogP contribution in [0.25, 0.3) is 11.5 Å². The van der Waals surface area contributed by atoms with Gasteiger partial charge in [-0.15, -0.1) is 10.2 Å². The van der Waals surface area contributed by atoms with Gasteiger partial charge in [0.2, 0.25) is 12.3 Å². The topological polar surface area (TPSA) is 71.3 Å². The van der Waals surface area contributed by atoms with Gasteiger partial charge >= 0.3 is 0 Å². The predicted octanol–water partition coefficient (Wildman–Crippen LogP) is 3.78. The van der Waals surface area contributed by atoms with Crippen molar-refractivity contribution in [1.29, 1.82) is 0 Å². The van der Waals surface area contributed by atoms with Crippen LogP contribution in [0.5, 0.6) is 0 Å². The summed E-state index contributed by atoms with van der Waals surface area (Å²) in [6.45, 7) is 2.84. The van der Waals surface area contributed by atoms with E-state index in [-0.39, 0.29) is 11.9 Å². The minimum Gasteiger partial charge on any atom is -0.423 e. The van der Waals surface area contributed by atoms with E-state index in [0.717, 1.165) is 43.1 Å². The van der Waals surface area contributed by atoms with Gasteiger partial charge in [-0.25, -0.2) is 0 Å². The summed E-state index contributed by atoms with van der Waals surface area (Å²) in [5.74, 6) is 0.397. The molecule has 0 spiro atoms. The second-order valence-corrected chi connectivity index (χ2v) is 7.41. The van der Waals surface area contributed by atoms with E-state index in [1.165, 1.54) is 12.0 Å². The van der Waals surface area contributed by atoms with E-state index in [1.54, 1.807) is 12.1 Å². The highest BCUT2D eigenvalue weighted by molar-refractivity contribution is 6.30. The molecule has 2 aromatic carbocycles. The Balaban J connectivity index is 1.27. The van der Waals surface area contributed by atoms with E-state index in [9.17, 15) is 4.79 Å². The number of aromatic nitrogens is 2. The number of carbonyl (C=O) groups is 1. The third kappa shape index (κ3) is 4.58. The number of nitrogens with one attached hydrogen (secondary N) is 1. The van der Waals surface area contributed by atoms with Gasteiger partial charge < -0.3 is 9.73 Å². The average Bonchev–Trinajstić information content (AvgIpc) is 3.26. The van der Waals surface area contributed by atoms with Gasteiger partial charge in [-0.2, -0.15) is 0 Å². The van der Waals surface area contributed by atoms with Crippen LogP contribution >= 0.6 is 11.6 Å². The van der Waals surface area contributed by atoms with Crippen molar-refractivity contribution in [3.05, 3.63) is 71.1 Å². The zero-order valence-electron chi connectivity index (χ0n) is 15.3. The normalized spacial score (nSPS) is 15.5. The first-order valence-electron chi connectivity index (χ1n) is 9.31. The maximum Gasteiger partial charge on any atom is 0.251 e. The van der Waals surface area contributed by atoms with Gasteiger partial charge in [0.05, 0.1) is 0 Å². The number of likely N-dealkylation sites (tertiary alicyclic amines) is 1. The molecule has 0 unspecified atom stereocenters. The molecule has 0 aliphatic carbocycles. The van der Waals surface area contributed by atoms with E-state index < -0.39 is 0 Å². The van der Waals surface area contributed by atoms with Crippen LogP contribution in [-0.2, 0) is 6.54 Å². The van der Waals surface area contributed by atoms with Crippen LogP contribution in [0, 0.1) is 0 Å². The lowest BCUT2D eigenvalue weighted by Gasteiger charge is -2.32. The molecule has 7 heteroatoms. The second kappa shape index (κ2) is 8.54. The molecule has 1 amide bonds. The van der Waals surface area contributed by atoms with Crippen molar-refractivity contribution < 1.29 is 9.21 Å². The lowest BCUT2D eigenvalue weighted by atomic mass is 10.0. The van der Waals surface area contributed by atoms with E-state index in [2.05, 4.69) is 32.5 Å². The Morgan fingerprint density at radius 3 is 2.46 bits per heavy atom. The first kappa shape index (κ1) is 18.7. The molecule has 1 aliphatic rings. The molecule has 4 rings (SSSR count). The van der Waals surface area contributed by atoms with E-state index in [4.69, 9.17) is 16.0 Å². The fraction of sp³-hybridized carbons (Fsp3) is 0.286. The summed E-state index contributed by atoms with van der Waals surface area (Å²) >= 11 is 5.94. The first-order chi connectivity index (χ1) is 13.7. The minimum atomic E-state index is -0.0479. The zero-order valence-corrected chi connectivity index (χ0v) is 16.1. The Hall–Kier alpha value is -2.70. The number of piperidine rings is 1. The van der Waals surface area contributed by atoms with Crippen LogP contribution in [0.2, 0.25) is 5.02 Å². The van der Waals surface area contributed by atoms with Crippen molar-refractivity contribution in [2.24, 2.45) is 0 Å². The Kier molecular flexibility index (Phi) is 5.69. The maximum atomic E-state index is 12.5. The molecule has 0 radical (unpaired) electrons. The molecule has 3 aromatic rings. The number of hydrogen-bond acceptors (Lipinski definition) is 5. The maximum absolute atomic E-state index is 12.5. The van der Waals surface area contributed by atoms with Gasteiger partial charge in [0.25, 0.3) is 5.91 Å². The summed E-state index contributed by atoms with van der Waals surface area (Å²) in [6, 6.07) is 15.4. The second-order valence-electron chi connectivity index (χ2n) is 6.97. The zero-order chi connectivity index (χ0) is 19.3. The van der Waals surface area contributed by atoms with Crippen molar-refractivity contribution in [3.8, 4) is 11.5 Å². The fourth-order valence-corrected chi connectivity index (χ4v) is 3.54. The van der Waals surface area contributed by atoms with Crippen LogP contribution in [0.15, 0.2) is 59.3 Å². The number of halogens is 1. The quantitative estimate of drug-likeness (QED) is 0.710. The smallest absolute Gasteiger partial charge is 0.251 e. The number of rotatable bonds is 5. The summed E-state index contributed by atoms with van der Waals surface area (Å²) in [5.41, 5.74) is 2.68. The molecule has 1 N–H and O–H groups in total. The Morgan fingerprint density at radius 1 is 1.11 bits per heavy atom. The first-order valence-corrected chi connectivity index (χ1v) is 9.69. The summed E-state index contributed by atoms with van der Waals surface area (Å²) in [7, 11) is 0. The Bertz CT molecular complexity index is 903. The van der Waals surface area contributed by atoms with E-state index in [1.807, 2.05) is 24.3 Å². The Labute approximate surface area is 168 Å². The van der Waals surface area contributed by atoms with Crippen LogP contribution in [0.1, 0.15) is 28.8 Å². The molecule has 0 bridgehead atoms. The fourth-order valence-electron chi connectivity index (χ4n) is 3.42. The van der Waals surface area contributed by atoms with Crippen LogP contribution in [0.3, 0.4) is 0 Å². The SMILES string of the molecule is O=C(NC1CCN(Cc2ccc(Cl)cc2)CC1)c1ccc(-c2nnco2)cc1. The van der Waals surface area contributed by atoms with Gasteiger partial charge in [-0.3, -0.25) is 9.69 Å². The van der Waals surface area contributed by atoms with Gasteiger partial charge in [0, 0.05) is 41.8 Å². The molecule has 1 saturated heterocycles. The summed E-state index contributed by atoms with van der Waals surface area (Å²) in [6.07, 6.45) is 3.17. The summed E-state index contributed by atoms with van der Waals surface area (Å²) < 4.78 is 5.17. The number of amides is 1. The molecular formula is C21H21ClN4O2. The lowest BCUT2D eigenvalue weighted by molar-refractivity contribution is 0.0909. The van der Waals surface area contributed by atoms with E-state index in [0.29, 0.717) is 11.5 Å². The Morgan fingerprint density at radius 2 is 1.82 bits per heavy atom. The third-order valence-electron chi connectivity index (χ3n) is 5.00. The van der Waals surface area contributed by atoms with Crippen molar-refractivity contribution in [1.82, 2.24) is 20.4 Å². The largest absolute Gasteiger partial charge is 0.423 e. The van der Waals surface area contributed by atoms with Crippen molar-refractivity contribution in [2.45, 2.75) is 25.4 Å². The molecule has 1 fully saturated rings. The highest BCUT2D eigenvalue weighted by Crippen LogP contribution is 2.18. The average molecular weight is 397 g/mol. The number of benzene rings is 2. The molecule has 1 aliphatic heterocycles. The molecule has 0 saturated carbocycles. The molecule has 0 atom stereocenters. The van der Waals surface area contributed by atoms with Crippen LogP contribution < -0.4 is 5.32 Å². The van der Waals surface area contributed by atoms with Gasteiger partial charge in [-0.1, -0.05) is 23.7 Å². The lowest BCUT2D eigenvalue weighted by Crippen LogP contribution is -2.44. The predicted molar refractivity (Wildman–Crippen MR) is 107 cm³/mol. The highest BCUT2D eigenvalue weighted by atomic mass is 35.5. The minimum absolute atomic E-state index is 0.0479. The molecule has 144 valence electrons. The van der Waals surface area contributed by atoms with Crippen molar-refractivity contribution in [2.75, 3.05) is 13.1 Å². The van der Waals surface area contributed by atoms with Crippen LogP contribution in [-0.4, -0.2) is 40.1 Å². The number of nitrogens with zero attached hydrogens (tertiary/aromatic N) is 3. The summed E-state index contributed by atoms with van der Waals surface area (Å²) in [5, 5.41) is 11.4. The van der Waals surface area contributed by atoms with E-state index >= 15 is 0 Å². The van der Waals surface area contributed by atoms with Crippen molar-refractivity contribution >= 4 is 17.5 Å². The summed E-state index contributed by atoms with van der Waals surface area (Å²) in [4.78, 5) is 14.9. The standard InChI is InChI=1S/C21H21ClN4O2/c22-18-7-1-15(2-8-18)13-26-11-9-19(10-12-26)24-20(27)16-3-5-17(6-4-16)21-25-23-14-28-21/h1-8,14,19H,9-13H2,(H,24,27). The number of carbonyl (C=O) groups excluding carboxylic acids is 1. The number of hydrogen-bond donors (Lipinski definition) is 1. The molecule has 6 nitrogen and oxygen atoms in total. The molecule has 28 heavy (non-hydrogen) atoms. The van der Waals surface area contributed by atoms with Gasteiger partial charge in [0.1, 0.15) is 0 Å². The third-order valence-corrected chi connectivity index (χ3v) is 5.25. The highest BCUT2D eigenvalue weighted by Gasteiger charge is 2.21.